The number of aliphatic hydroxyl groups excluding tert-OH is 1. The van der Waals surface area contributed by atoms with Gasteiger partial charge in [0.25, 0.3) is 5.56 Å². The van der Waals surface area contributed by atoms with Crippen LogP contribution in [0.4, 0.5) is 4.48 Å². The minimum absolute atomic E-state index is 0.310. The molecular weight excluding hydrogens is 231 g/mol. The van der Waals surface area contributed by atoms with E-state index < -0.39 is 34.1 Å². The van der Waals surface area contributed by atoms with E-state index >= 15 is 0 Å². The van der Waals surface area contributed by atoms with Crippen LogP contribution in [0.5, 0.6) is 5.88 Å². The minimum atomic E-state index is -1.30. The number of halogens is 1. The van der Waals surface area contributed by atoms with Crippen LogP contribution in [0.25, 0.3) is 0 Å². The van der Waals surface area contributed by atoms with E-state index in [-0.39, 0.29) is 6.04 Å². The molecule has 6 nitrogen and oxygen atoms in total. The van der Waals surface area contributed by atoms with Gasteiger partial charge in [-0.15, -0.1) is 0 Å². The molecule has 2 N–H and O–H groups in total. The molecule has 0 unspecified atom stereocenters. The van der Waals surface area contributed by atoms with Gasteiger partial charge in [-0.25, -0.2) is 4.79 Å². The average Bonchev–Trinajstić information content (AvgIpc) is 2.81. The van der Waals surface area contributed by atoms with E-state index in [0.717, 1.165) is 17.4 Å². The fourth-order valence-corrected chi connectivity index (χ4v) is 2.26. The van der Waals surface area contributed by atoms with Crippen LogP contribution in [0.15, 0.2) is 9.59 Å². The SMILES string of the molecule is O=c1c(CO)c(O)n(C2CCCC2)c(=O)n1F. The van der Waals surface area contributed by atoms with Crippen molar-refractivity contribution in [2.75, 3.05) is 0 Å². The number of rotatable bonds is 2. The Morgan fingerprint density at radius 1 is 1.29 bits per heavy atom. The van der Waals surface area contributed by atoms with Crippen molar-refractivity contribution in [3.05, 3.63) is 26.4 Å². The Morgan fingerprint density at radius 2 is 1.88 bits per heavy atom. The van der Waals surface area contributed by atoms with Crippen molar-refractivity contribution in [1.82, 2.24) is 9.36 Å². The predicted molar refractivity (Wildman–Crippen MR) is 56.6 cm³/mol. The molecule has 0 amide bonds. The maximum absolute atomic E-state index is 13.3. The molecule has 0 atom stereocenters. The van der Waals surface area contributed by atoms with Crippen LogP contribution in [-0.2, 0) is 6.61 Å². The molecule has 1 aliphatic rings. The zero-order valence-corrected chi connectivity index (χ0v) is 9.10. The molecular formula is C10H13FN2O4. The third-order valence-corrected chi connectivity index (χ3v) is 3.16. The molecule has 2 rings (SSSR count). The van der Waals surface area contributed by atoms with Crippen molar-refractivity contribution in [2.24, 2.45) is 0 Å². The second-order valence-electron chi connectivity index (χ2n) is 4.14. The maximum Gasteiger partial charge on any atom is 0.362 e. The van der Waals surface area contributed by atoms with Crippen molar-refractivity contribution >= 4 is 0 Å². The second-order valence-corrected chi connectivity index (χ2v) is 4.14. The summed E-state index contributed by atoms with van der Waals surface area (Å²) < 4.78 is 14.2. The Hall–Kier alpha value is -1.63. The molecule has 7 heteroatoms. The van der Waals surface area contributed by atoms with Crippen LogP contribution < -0.4 is 11.2 Å². The molecule has 17 heavy (non-hydrogen) atoms. The van der Waals surface area contributed by atoms with Crippen molar-refractivity contribution in [2.45, 2.75) is 38.3 Å². The lowest BCUT2D eigenvalue weighted by Crippen LogP contribution is -2.39. The van der Waals surface area contributed by atoms with E-state index in [4.69, 9.17) is 5.11 Å². The number of aliphatic hydroxyl groups is 1. The van der Waals surface area contributed by atoms with Gasteiger partial charge >= 0.3 is 5.69 Å². The summed E-state index contributed by atoms with van der Waals surface area (Å²) >= 11 is 0. The number of hydrogen-bond acceptors (Lipinski definition) is 4. The lowest BCUT2D eigenvalue weighted by atomic mass is 10.2. The highest BCUT2D eigenvalue weighted by Crippen LogP contribution is 2.31. The van der Waals surface area contributed by atoms with Gasteiger partial charge in [0, 0.05) is 6.04 Å². The molecule has 1 aromatic rings. The van der Waals surface area contributed by atoms with Gasteiger partial charge in [0.15, 0.2) is 0 Å². The average molecular weight is 244 g/mol. The van der Waals surface area contributed by atoms with E-state index in [9.17, 15) is 19.2 Å². The number of hydrogen-bond donors (Lipinski definition) is 2. The molecule has 0 aromatic carbocycles. The van der Waals surface area contributed by atoms with E-state index in [1.54, 1.807) is 0 Å². The quantitative estimate of drug-likeness (QED) is 0.770. The van der Waals surface area contributed by atoms with E-state index in [1.807, 2.05) is 0 Å². The summed E-state index contributed by atoms with van der Waals surface area (Å²) in [5.41, 5.74) is -2.97. The minimum Gasteiger partial charge on any atom is -0.494 e. The molecule has 1 aliphatic carbocycles. The molecule has 0 aliphatic heterocycles. The monoisotopic (exact) mass is 244 g/mol. The van der Waals surface area contributed by atoms with Gasteiger partial charge < -0.3 is 10.2 Å². The lowest BCUT2D eigenvalue weighted by Gasteiger charge is -2.16. The van der Waals surface area contributed by atoms with Crippen molar-refractivity contribution in [1.29, 1.82) is 0 Å². The van der Waals surface area contributed by atoms with Crippen LogP contribution in [-0.4, -0.2) is 19.6 Å². The fourth-order valence-electron chi connectivity index (χ4n) is 2.26. The van der Waals surface area contributed by atoms with Crippen molar-refractivity contribution < 1.29 is 14.7 Å². The molecule has 0 radical (unpaired) electrons. The molecule has 1 fully saturated rings. The zero-order valence-electron chi connectivity index (χ0n) is 9.10. The summed E-state index contributed by atoms with van der Waals surface area (Å²) in [6.45, 7) is -0.804. The van der Waals surface area contributed by atoms with Crippen molar-refractivity contribution in [3.8, 4) is 5.88 Å². The van der Waals surface area contributed by atoms with Crippen LogP contribution in [0, 0.1) is 0 Å². The molecule has 94 valence electrons. The molecule has 0 bridgehead atoms. The van der Waals surface area contributed by atoms with Gasteiger partial charge in [-0.1, -0.05) is 22.1 Å². The van der Waals surface area contributed by atoms with Crippen LogP contribution in [0.1, 0.15) is 37.3 Å². The summed E-state index contributed by atoms with van der Waals surface area (Å²) in [4.78, 5) is 22.3. The number of aromatic nitrogens is 2. The highest BCUT2D eigenvalue weighted by atomic mass is 19.2. The Kier molecular flexibility index (Phi) is 3.01. The first-order chi connectivity index (χ1) is 8.07. The molecule has 0 saturated heterocycles. The standard InChI is InChI=1S/C10H13FN2O4/c11-13-9(16)7(5-14)8(15)12(10(13)17)6-3-1-2-4-6/h6,14-15H,1-5H2. The first kappa shape index (κ1) is 11.8. The van der Waals surface area contributed by atoms with E-state index in [2.05, 4.69) is 0 Å². The number of nitrogens with zero attached hydrogens (tertiary/aromatic N) is 2. The molecule has 1 saturated carbocycles. The zero-order chi connectivity index (χ0) is 12.6. The van der Waals surface area contributed by atoms with Crippen molar-refractivity contribution in [3.63, 3.8) is 0 Å². The Balaban J connectivity index is 2.70. The summed E-state index contributed by atoms with van der Waals surface area (Å²) in [6, 6.07) is -0.310. The fraction of sp³-hybridized carbons (Fsp3) is 0.600. The number of aromatic hydroxyl groups is 1. The Morgan fingerprint density at radius 3 is 2.41 bits per heavy atom. The van der Waals surface area contributed by atoms with Gasteiger partial charge in [0.05, 0.1) is 6.61 Å². The molecule has 0 spiro atoms. The largest absolute Gasteiger partial charge is 0.494 e. The summed E-state index contributed by atoms with van der Waals surface area (Å²) in [5, 5.41) is 18.7. The summed E-state index contributed by atoms with van der Waals surface area (Å²) in [6.07, 6.45) is 3.07. The third kappa shape index (κ3) is 1.76. The van der Waals surface area contributed by atoms with Crippen LogP contribution >= 0.6 is 0 Å². The van der Waals surface area contributed by atoms with Gasteiger partial charge in [-0.3, -0.25) is 9.36 Å². The maximum atomic E-state index is 13.3. The first-order valence-electron chi connectivity index (χ1n) is 5.44. The Labute approximate surface area is 95.5 Å². The van der Waals surface area contributed by atoms with Crippen LogP contribution in [0.2, 0.25) is 0 Å². The summed E-state index contributed by atoms with van der Waals surface area (Å²) in [7, 11) is 0. The molecule has 1 aromatic heterocycles. The lowest BCUT2D eigenvalue weighted by molar-refractivity contribution is 0.238. The van der Waals surface area contributed by atoms with Gasteiger partial charge in [0.1, 0.15) is 5.56 Å². The van der Waals surface area contributed by atoms with Crippen LogP contribution in [0.3, 0.4) is 0 Å². The van der Waals surface area contributed by atoms with E-state index in [0.29, 0.717) is 12.8 Å². The smallest absolute Gasteiger partial charge is 0.362 e. The van der Waals surface area contributed by atoms with Gasteiger partial charge in [0.2, 0.25) is 5.88 Å². The predicted octanol–water partition coefficient (Wildman–Crippen LogP) is 0.0556. The van der Waals surface area contributed by atoms with E-state index in [1.165, 1.54) is 0 Å². The molecule has 1 heterocycles. The van der Waals surface area contributed by atoms with Gasteiger partial charge in [-0.2, -0.15) is 0 Å². The summed E-state index contributed by atoms with van der Waals surface area (Å²) in [5.74, 6) is -0.622. The normalized spacial score (nSPS) is 16.6. The second kappa shape index (κ2) is 4.33. The Bertz CT molecular complexity index is 542. The first-order valence-corrected chi connectivity index (χ1v) is 5.44. The van der Waals surface area contributed by atoms with Gasteiger partial charge in [-0.05, 0) is 12.8 Å². The third-order valence-electron chi connectivity index (χ3n) is 3.16. The highest BCUT2D eigenvalue weighted by molar-refractivity contribution is 5.22. The highest BCUT2D eigenvalue weighted by Gasteiger charge is 2.25. The topological polar surface area (TPSA) is 84.5 Å².